The van der Waals surface area contributed by atoms with E-state index in [1.165, 1.54) is 0 Å². The molecular weight excluding hydrogens is 270 g/mol. The van der Waals surface area contributed by atoms with E-state index in [0.29, 0.717) is 24.1 Å². The number of benzene rings is 1. The number of phenolic OH excluding ortho intramolecular Hbond substituents is 1. The number of aliphatic hydroxyl groups is 1. The number of nitrogens with one attached hydrogen (secondary N) is 1. The molecule has 0 unspecified atom stereocenters. The summed E-state index contributed by atoms with van der Waals surface area (Å²) < 4.78 is 5.18. The Kier molecular flexibility index (Phi) is 4.14. The maximum absolute atomic E-state index is 11.7. The van der Waals surface area contributed by atoms with Crippen molar-refractivity contribution in [3.05, 3.63) is 23.8 Å². The Balaban J connectivity index is 1.98. The van der Waals surface area contributed by atoms with Gasteiger partial charge in [0.1, 0.15) is 11.4 Å². The molecule has 3 N–H and O–H groups in total. The average molecular weight is 293 g/mol. The van der Waals surface area contributed by atoms with Crippen LogP contribution in [-0.2, 0) is 11.2 Å². The highest BCUT2D eigenvalue weighted by Crippen LogP contribution is 2.40. The van der Waals surface area contributed by atoms with Crippen LogP contribution < -0.4 is 5.32 Å². The summed E-state index contributed by atoms with van der Waals surface area (Å²) in [5.41, 5.74) is 0.170. The molecule has 0 atom stereocenters. The first-order valence-electron chi connectivity index (χ1n) is 7.21. The predicted molar refractivity (Wildman–Crippen MR) is 80.5 cm³/mol. The van der Waals surface area contributed by atoms with Crippen molar-refractivity contribution in [2.75, 3.05) is 5.32 Å². The minimum Gasteiger partial charge on any atom is -0.508 e. The van der Waals surface area contributed by atoms with E-state index in [2.05, 4.69) is 5.32 Å². The van der Waals surface area contributed by atoms with Gasteiger partial charge in [-0.05, 0) is 70.2 Å². The molecule has 5 nitrogen and oxygen atoms in total. The van der Waals surface area contributed by atoms with Crippen molar-refractivity contribution in [3.63, 3.8) is 0 Å². The normalized spacial score (nSPS) is 16.4. The Morgan fingerprint density at radius 3 is 2.62 bits per heavy atom. The predicted octanol–water partition coefficient (Wildman–Crippen LogP) is 3.20. The number of carbonyl (C=O) groups is 1. The molecule has 1 fully saturated rings. The van der Waals surface area contributed by atoms with Crippen LogP contribution in [0.5, 0.6) is 5.75 Å². The fraction of sp³-hybridized carbons (Fsp3) is 0.562. The second-order valence-corrected chi connectivity index (χ2v) is 6.69. The number of phenols is 1. The third kappa shape index (κ3) is 4.93. The molecule has 5 heteroatoms. The van der Waals surface area contributed by atoms with Gasteiger partial charge in [-0.1, -0.05) is 0 Å². The first kappa shape index (κ1) is 15.6. The lowest BCUT2D eigenvalue weighted by Gasteiger charge is -2.20. The van der Waals surface area contributed by atoms with Gasteiger partial charge in [-0.3, -0.25) is 5.32 Å². The van der Waals surface area contributed by atoms with Gasteiger partial charge in [0.15, 0.2) is 0 Å². The zero-order chi connectivity index (χ0) is 15.7. The van der Waals surface area contributed by atoms with E-state index in [1.807, 2.05) is 0 Å². The van der Waals surface area contributed by atoms with Crippen molar-refractivity contribution in [2.24, 2.45) is 0 Å². The van der Waals surface area contributed by atoms with Crippen LogP contribution in [-0.4, -0.2) is 27.5 Å². The van der Waals surface area contributed by atoms with Gasteiger partial charge in [0.25, 0.3) is 0 Å². The largest absolute Gasteiger partial charge is 0.508 e. The summed E-state index contributed by atoms with van der Waals surface area (Å²) in [4.78, 5) is 11.7. The Hall–Kier alpha value is -1.75. The Morgan fingerprint density at radius 2 is 2.05 bits per heavy atom. The van der Waals surface area contributed by atoms with Crippen molar-refractivity contribution in [1.82, 2.24) is 0 Å². The Labute approximate surface area is 124 Å². The van der Waals surface area contributed by atoms with E-state index in [1.54, 1.807) is 39.0 Å². The van der Waals surface area contributed by atoms with Crippen LogP contribution in [0.25, 0.3) is 0 Å². The molecule has 1 aromatic carbocycles. The number of aromatic hydroxyl groups is 1. The van der Waals surface area contributed by atoms with E-state index in [-0.39, 0.29) is 5.75 Å². The fourth-order valence-electron chi connectivity index (χ4n) is 2.05. The SMILES string of the molecule is CC(C)(C)OC(=O)Nc1ccc(O)c(CCC2(O)CC2)c1. The van der Waals surface area contributed by atoms with Crippen LogP contribution in [0.1, 0.15) is 45.6 Å². The highest BCUT2D eigenvalue weighted by molar-refractivity contribution is 5.85. The lowest BCUT2D eigenvalue weighted by atomic mass is 10.0. The summed E-state index contributed by atoms with van der Waals surface area (Å²) in [6, 6.07) is 4.87. The van der Waals surface area contributed by atoms with Crippen LogP contribution in [0.2, 0.25) is 0 Å². The van der Waals surface area contributed by atoms with Gasteiger partial charge in [-0.15, -0.1) is 0 Å². The monoisotopic (exact) mass is 293 g/mol. The molecule has 0 saturated heterocycles. The standard InChI is InChI=1S/C16H23NO4/c1-15(2,3)21-14(19)17-12-4-5-13(18)11(10-12)6-7-16(20)8-9-16/h4-5,10,18,20H,6-9H2,1-3H3,(H,17,19). The third-order valence-corrected chi connectivity index (χ3v) is 3.41. The number of hydrogen-bond donors (Lipinski definition) is 3. The number of carbonyl (C=O) groups excluding carboxylic acids is 1. The Bertz CT molecular complexity index is 530. The molecule has 1 aromatic rings. The maximum Gasteiger partial charge on any atom is 0.412 e. The van der Waals surface area contributed by atoms with Gasteiger partial charge in [0, 0.05) is 5.69 Å². The van der Waals surface area contributed by atoms with Crippen LogP contribution in [0.4, 0.5) is 10.5 Å². The fourth-order valence-corrected chi connectivity index (χ4v) is 2.05. The highest BCUT2D eigenvalue weighted by Gasteiger charge is 2.39. The lowest BCUT2D eigenvalue weighted by molar-refractivity contribution is 0.0636. The van der Waals surface area contributed by atoms with E-state index in [4.69, 9.17) is 4.74 Å². The zero-order valence-corrected chi connectivity index (χ0v) is 12.8. The van der Waals surface area contributed by atoms with Crippen LogP contribution >= 0.6 is 0 Å². The molecule has 0 bridgehead atoms. The third-order valence-electron chi connectivity index (χ3n) is 3.41. The maximum atomic E-state index is 11.7. The van der Waals surface area contributed by atoms with Gasteiger partial charge >= 0.3 is 6.09 Å². The van der Waals surface area contributed by atoms with E-state index < -0.39 is 17.3 Å². The van der Waals surface area contributed by atoms with Crippen molar-refractivity contribution >= 4 is 11.8 Å². The summed E-state index contributed by atoms with van der Waals surface area (Å²) >= 11 is 0. The number of hydrogen-bond acceptors (Lipinski definition) is 4. The van der Waals surface area contributed by atoms with Crippen LogP contribution in [0, 0.1) is 0 Å². The van der Waals surface area contributed by atoms with Gasteiger partial charge in [0.05, 0.1) is 5.60 Å². The highest BCUT2D eigenvalue weighted by atomic mass is 16.6. The Morgan fingerprint density at radius 1 is 1.38 bits per heavy atom. The number of amides is 1. The molecule has 1 saturated carbocycles. The summed E-state index contributed by atoms with van der Waals surface area (Å²) in [5.74, 6) is 0.175. The van der Waals surface area contributed by atoms with Gasteiger partial charge in [-0.2, -0.15) is 0 Å². The molecule has 0 spiro atoms. The van der Waals surface area contributed by atoms with E-state index in [9.17, 15) is 15.0 Å². The van der Waals surface area contributed by atoms with Crippen LogP contribution in [0.3, 0.4) is 0 Å². The molecule has 0 aromatic heterocycles. The number of rotatable bonds is 4. The van der Waals surface area contributed by atoms with E-state index >= 15 is 0 Å². The topological polar surface area (TPSA) is 78.8 Å². The average Bonchev–Trinajstić information content (AvgIpc) is 3.06. The van der Waals surface area contributed by atoms with Gasteiger partial charge < -0.3 is 14.9 Å². The first-order valence-corrected chi connectivity index (χ1v) is 7.21. The molecule has 1 aliphatic rings. The molecule has 0 aliphatic heterocycles. The molecule has 21 heavy (non-hydrogen) atoms. The molecule has 1 aliphatic carbocycles. The summed E-state index contributed by atoms with van der Waals surface area (Å²) in [5, 5.41) is 22.3. The second kappa shape index (κ2) is 5.56. The van der Waals surface area contributed by atoms with Crippen molar-refractivity contribution in [2.45, 2.75) is 57.7 Å². The quantitative estimate of drug-likeness (QED) is 0.745. The molecule has 1 amide bonds. The number of aryl methyl sites for hydroxylation is 1. The molecular formula is C16H23NO4. The van der Waals surface area contributed by atoms with Crippen LogP contribution in [0.15, 0.2) is 18.2 Å². The molecule has 2 rings (SSSR count). The minimum absolute atomic E-state index is 0.175. The lowest BCUT2D eigenvalue weighted by Crippen LogP contribution is -2.27. The van der Waals surface area contributed by atoms with Gasteiger partial charge in [0.2, 0.25) is 0 Å². The summed E-state index contributed by atoms with van der Waals surface area (Å²) in [6.07, 6.45) is 2.32. The first-order chi connectivity index (χ1) is 9.67. The number of anilines is 1. The molecule has 0 radical (unpaired) electrons. The van der Waals surface area contributed by atoms with Crippen molar-refractivity contribution in [1.29, 1.82) is 0 Å². The molecule has 0 heterocycles. The van der Waals surface area contributed by atoms with Gasteiger partial charge in [-0.25, -0.2) is 4.79 Å². The number of ether oxygens (including phenoxy) is 1. The zero-order valence-electron chi connectivity index (χ0n) is 12.8. The van der Waals surface area contributed by atoms with Crippen molar-refractivity contribution in [3.8, 4) is 5.75 Å². The summed E-state index contributed by atoms with van der Waals surface area (Å²) in [7, 11) is 0. The minimum atomic E-state index is -0.556. The molecule has 116 valence electrons. The summed E-state index contributed by atoms with van der Waals surface area (Å²) in [6.45, 7) is 5.39. The van der Waals surface area contributed by atoms with Crippen molar-refractivity contribution < 1.29 is 19.7 Å². The smallest absolute Gasteiger partial charge is 0.412 e. The second-order valence-electron chi connectivity index (χ2n) is 6.69. The van der Waals surface area contributed by atoms with E-state index in [0.717, 1.165) is 12.8 Å².